The van der Waals surface area contributed by atoms with Gasteiger partial charge in [-0.05, 0) is 42.8 Å². The van der Waals surface area contributed by atoms with Crippen LogP contribution in [0.5, 0.6) is 11.5 Å². The third kappa shape index (κ3) is 4.70. The molecule has 0 spiro atoms. The van der Waals surface area contributed by atoms with Crippen LogP contribution in [0.25, 0.3) is 0 Å². The molecule has 2 aromatic carbocycles. The Labute approximate surface area is 127 Å². The van der Waals surface area contributed by atoms with E-state index in [4.69, 9.17) is 4.74 Å². The average Bonchev–Trinajstić information content (AvgIpc) is 2.48. The first-order chi connectivity index (χ1) is 9.78. The van der Waals surface area contributed by atoms with Crippen LogP contribution in [0.2, 0.25) is 0 Å². The van der Waals surface area contributed by atoms with Gasteiger partial charge in [0, 0.05) is 17.4 Å². The van der Waals surface area contributed by atoms with Crippen LogP contribution < -0.4 is 10.1 Å². The molecule has 2 rings (SSSR count). The minimum Gasteiger partial charge on any atom is -0.457 e. The smallest absolute Gasteiger partial charge is 0.224 e. The van der Waals surface area contributed by atoms with Gasteiger partial charge in [0.1, 0.15) is 11.5 Å². The van der Waals surface area contributed by atoms with Crippen molar-refractivity contribution in [2.45, 2.75) is 12.8 Å². The van der Waals surface area contributed by atoms with Crippen molar-refractivity contribution in [1.29, 1.82) is 0 Å². The number of rotatable bonds is 6. The number of anilines is 1. The Morgan fingerprint density at radius 3 is 2.30 bits per heavy atom. The number of ether oxygens (including phenoxy) is 1. The van der Waals surface area contributed by atoms with Crippen LogP contribution in [-0.4, -0.2) is 11.2 Å². The zero-order valence-corrected chi connectivity index (χ0v) is 12.6. The van der Waals surface area contributed by atoms with Crippen molar-refractivity contribution in [2.24, 2.45) is 0 Å². The fourth-order valence-corrected chi connectivity index (χ4v) is 1.96. The summed E-state index contributed by atoms with van der Waals surface area (Å²) in [7, 11) is 0. The second-order valence-electron chi connectivity index (χ2n) is 4.28. The predicted octanol–water partition coefficient (Wildman–Crippen LogP) is 4.59. The van der Waals surface area contributed by atoms with Crippen LogP contribution in [0, 0.1) is 0 Å². The number of benzene rings is 2. The van der Waals surface area contributed by atoms with Gasteiger partial charge in [-0.3, -0.25) is 4.79 Å². The molecule has 0 saturated heterocycles. The van der Waals surface area contributed by atoms with Crippen LogP contribution in [0.1, 0.15) is 12.8 Å². The Morgan fingerprint density at radius 2 is 1.65 bits per heavy atom. The van der Waals surface area contributed by atoms with Gasteiger partial charge < -0.3 is 10.1 Å². The van der Waals surface area contributed by atoms with E-state index < -0.39 is 0 Å². The molecule has 1 amide bonds. The quantitative estimate of drug-likeness (QED) is 0.785. The Morgan fingerprint density at radius 1 is 1.00 bits per heavy atom. The molecule has 0 heterocycles. The highest BCUT2D eigenvalue weighted by molar-refractivity contribution is 9.09. The fraction of sp³-hybridized carbons (Fsp3) is 0.188. The Balaban J connectivity index is 1.91. The van der Waals surface area contributed by atoms with Gasteiger partial charge >= 0.3 is 0 Å². The monoisotopic (exact) mass is 333 g/mol. The lowest BCUT2D eigenvalue weighted by Crippen LogP contribution is -2.11. The molecule has 0 bridgehead atoms. The third-order valence-corrected chi connectivity index (χ3v) is 3.22. The van der Waals surface area contributed by atoms with Crippen molar-refractivity contribution in [3.8, 4) is 11.5 Å². The summed E-state index contributed by atoms with van der Waals surface area (Å²) in [4.78, 5) is 11.6. The van der Waals surface area contributed by atoms with E-state index in [-0.39, 0.29) is 5.91 Å². The summed E-state index contributed by atoms with van der Waals surface area (Å²) in [6.45, 7) is 0. The molecule has 3 nitrogen and oxygen atoms in total. The van der Waals surface area contributed by atoms with E-state index in [0.717, 1.165) is 28.9 Å². The van der Waals surface area contributed by atoms with E-state index >= 15 is 0 Å². The minimum atomic E-state index is 0.0289. The summed E-state index contributed by atoms with van der Waals surface area (Å²) in [6, 6.07) is 16.9. The Hall–Kier alpha value is -1.81. The molecule has 0 aromatic heterocycles. The lowest BCUT2D eigenvalue weighted by molar-refractivity contribution is -0.116. The van der Waals surface area contributed by atoms with E-state index in [9.17, 15) is 4.79 Å². The van der Waals surface area contributed by atoms with E-state index in [1.165, 1.54) is 0 Å². The number of hydrogen-bond donors (Lipinski definition) is 1. The van der Waals surface area contributed by atoms with Crippen molar-refractivity contribution in [1.82, 2.24) is 0 Å². The number of para-hydroxylation sites is 1. The molecule has 2 aromatic rings. The molecule has 0 aliphatic carbocycles. The molecular weight excluding hydrogens is 318 g/mol. The summed E-state index contributed by atoms with van der Waals surface area (Å²) < 4.78 is 5.68. The zero-order chi connectivity index (χ0) is 14.2. The lowest BCUT2D eigenvalue weighted by atomic mass is 10.2. The SMILES string of the molecule is O=C(CCCBr)Nc1ccc(Oc2ccccc2)cc1. The second kappa shape index (κ2) is 7.70. The van der Waals surface area contributed by atoms with E-state index in [1.807, 2.05) is 54.6 Å². The normalized spacial score (nSPS) is 10.1. The summed E-state index contributed by atoms with van der Waals surface area (Å²) in [5, 5.41) is 3.69. The van der Waals surface area contributed by atoms with Gasteiger partial charge in [0.2, 0.25) is 5.91 Å². The summed E-state index contributed by atoms with van der Waals surface area (Å²) in [6.07, 6.45) is 1.36. The highest BCUT2D eigenvalue weighted by Gasteiger charge is 2.02. The fourth-order valence-electron chi connectivity index (χ4n) is 1.68. The molecule has 4 heteroatoms. The van der Waals surface area contributed by atoms with Crippen LogP contribution in [0.4, 0.5) is 5.69 Å². The first kappa shape index (κ1) is 14.6. The van der Waals surface area contributed by atoms with E-state index in [2.05, 4.69) is 21.2 Å². The zero-order valence-electron chi connectivity index (χ0n) is 11.0. The number of hydrogen-bond acceptors (Lipinski definition) is 2. The van der Waals surface area contributed by atoms with Gasteiger partial charge in [0.25, 0.3) is 0 Å². The molecular formula is C16H16BrNO2. The van der Waals surface area contributed by atoms with Gasteiger partial charge in [0.05, 0.1) is 0 Å². The second-order valence-corrected chi connectivity index (χ2v) is 5.07. The molecule has 20 heavy (non-hydrogen) atoms. The van der Waals surface area contributed by atoms with Gasteiger partial charge in [-0.15, -0.1) is 0 Å². The summed E-state index contributed by atoms with van der Waals surface area (Å²) >= 11 is 3.31. The Kier molecular flexibility index (Phi) is 5.62. The molecule has 1 N–H and O–H groups in total. The van der Waals surface area contributed by atoms with Crippen molar-refractivity contribution < 1.29 is 9.53 Å². The largest absolute Gasteiger partial charge is 0.457 e. The maximum absolute atomic E-state index is 11.6. The topological polar surface area (TPSA) is 38.3 Å². The first-order valence-electron chi connectivity index (χ1n) is 6.47. The molecule has 0 fully saturated rings. The van der Waals surface area contributed by atoms with Crippen LogP contribution in [0.3, 0.4) is 0 Å². The first-order valence-corrected chi connectivity index (χ1v) is 7.59. The molecule has 0 radical (unpaired) electrons. The van der Waals surface area contributed by atoms with Gasteiger partial charge in [-0.2, -0.15) is 0 Å². The molecule has 0 aliphatic rings. The number of nitrogens with one attached hydrogen (secondary N) is 1. The van der Waals surface area contributed by atoms with Crippen molar-refractivity contribution in [2.75, 3.05) is 10.6 Å². The number of carbonyl (C=O) groups is 1. The van der Waals surface area contributed by atoms with Crippen LogP contribution in [0.15, 0.2) is 54.6 Å². The minimum absolute atomic E-state index is 0.0289. The number of alkyl halides is 1. The van der Waals surface area contributed by atoms with Gasteiger partial charge in [0.15, 0.2) is 0 Å². The highest BCUT2D eigenvalue weighted by atomic mass is 79.9. The number of carbonyl (C=O) groups excluding carboxylic acids is 1. The number of halogens is 1. The van der Waals surface area contributed by atoms with Gasteiger partial charge in [-0.1, -0.05) is 34.1 Å². The summed E-state index contributed by atoms with van der Waals surface area (Å²) in [5.74, 6) is 1.57. The molecule has 0 unspecified atom stereocenters. The number of amides is 1. The summed E-state index contributed by atoms with van der Waals surface area (Å²) in [5.41, 5.74) is 0.782. The molecule has 104 valence electrons. The van der Waals surface area contributed by atoms with Crippen LogP contribution in [-0.2, 0) is 4.79 Å². The van der Waals surface area contributed by atoms with Gasteiger partial charge in [-0.25, -0.2) is 0 Å². The maximum atomic E-state index is 11.6. The Bertz CT molecular complexity index is 540. The van der Waals surface area contributed by atoms with Crippen LogP contribution >= 0.6 is 15.9 Å². The third-order valence-electron chi connectivity index (χ3n) is 2.65. The highest BCUT2D eigenvalue weighted by Crippen LogP contribution is 2.22. The molecule has 0 atom stereocenters. The molecule has 0 saturated carbocycles. The average molecular weight is 334 g/mol. The standard InChI is InChI=1S/C16H16BrNO2/c17-12-4-7-16(19)18-13-8-10-15(11-9-13)20-14-5-2-1-3-6-14/h1-3,5-6,8-11H,4,7,12H2,(H,18,19). The predicted molar refractivity (Wildman–Crippen MR) is 84.6 cm³/mol. The van der Waals surface area contributed by atoms with Crippen molar-refractivity contribution in [3.63, 3.8) is 0 Å². The maximum Gasteiger partial charge on any atom is 0.224 e. The van der Waals surface area contributed by atoms with E-state index in [0.29, 0.717) is 6.42 Å². The lowest BCUT2D eigenvalue weighted by Gasteiger charge is -2.07. The molecule has 0 aliphatic heterocycles. The van der Waals surface area contributed by atoms with E-state index in [1.54, 1.807) is 0 Å². The van der Waals surface area contributed by atoms with Crippen molar-refractivity contribution >= 4 is 27.5 Å². The van der Waals surface area contributed by atoms with Crippen molar-refractivity contribution in [3.05, 3.63) is 54.6 Å².